The molecule has 124 valence electrons. The fourth-order valence-electron chi connectivity index (χ4n) is 2.02. The third-order valence-electron chi connectivity index (χ3n) is 3.13. The zero-order valence-electron chi connectivity index (χ0n) is 13.7. The summed E-state index contributed by atoms with van der Waals surface area (Å²) in [7, 11) is 0. The first-order valence-electron chi connectivity index (χ1n) is 7.63. The number of hydrogen-bond donors (Lipinski definition) is 2. The molecule has 0 unspecified atom stereocenters. The highest BCUT2D eigenvalue weighted by molar-refractivity contribution is 7.80. The second-order valence-electron chi connectivity index (χ2n) is 5.22. The molecule has 0 aliphatic heterocycles. The first kappa shape index (κ1) is 17.7. The summed E-state index contributed by atoms with van der Waals surface area (Å²) in [5, 5.41) is 7.49. The van der Waals surface area contributed by atoms with Crippen LogP contribution in [0.4, 0.5) is 0 Å². The minimum atomic E-state index is 0.456. The van der Waals surface area contributed by atoms with E-state index in [0.717, 1.165) is 16.9 Å². The van der Waals surface area contributed by atoms with Gasteiger partial charge in [0.1, 0.15) is 12.4 Å². The van der Waals surface area contributed by atoms with Crippen molar-refractivity contribution >= 4 is 23.5 Å². The molecule has 0 aliphatic rings. The lowest BCUT2D eigenvalue weighted by Crippen LogP contribution is -2.31. The summed E-state index contributed by atoms with van der Waals surface area (Å²) in [6.45, 7) is 6.82. The molecule has 24 heavy (non-hydrogen) atoms. The Kier molecular flexibility index (Phi) is 6.98. The van der Waals surface area contributed by atoms with E-state index >= 15 is 0 Å². The molecule has 0 radical (unpaired) electrons. The maximum absolute atomic E-state index is 5.84. The van der Waals surface area contributed by atoms with Crippen LogP contribution in [0.5, 0.6) is 5.75 Å². The van der Waals surface area contributed by atoms with E-state index in [2.05, 4.69) is 47.5 Å². The largest absolute Gasteiger partial charge is 0.489 e. The summed E-state index contributed by atoms with van der Waals surface area (Å²) in [5.74, 6) is 0.799. The van der Waals surface area contributed by atoms with Gasteiger partial charge in [0.05, 0.1) is 6.21 Å². The predicted molar refractivity (Wildman–Crippen MR) is 103 cm³/mol. The van der Waals surface area contributed by atoms with Crippen LogP contribution < -0.4 is 15.5 Å². The zero-order valence-corrected chi connectivity index (χ0v) is 14.5. The second kappa shape index (κ2) is 9.47. The van der Waals surface area contributed by atoms with Gasteiger partial charge < -0.3 is 10.1 Å². The van der Waals surface area contributed by atoms with Crippen LogP contribution in [0.25, 0.3) is 0 Å². The number of aryl methyl sites for hydroxylation is 1. The smallest absolute Gasteiger partial charge is 0.187 e. The van der Waals surface area contributed by atoms with Crippen LogP contribution in [0.3, 0.4) is 0 Å². The molecule has 0 amide bonds. The van der Waals surface area contributed by atoms with E-state index in [1.807, 2.05) is 30.3 Å². The third kappa shape index (κ3) is 6.22. The van der Waals surface area contributed by atoms with E-state index in [0.29, 0.717) is 18.3 Å². The topological polar surface area (TPSA) is 45.7 Å². The van der Waals surface area contributed by atoms with Gasteiger partial charge >= 0.3 is 0 Å². The van der Waals surface area contributed by atoms with Crippen LogP contribution >= 0.6 is 12.2 Å². The number of ether oxygens (including phenoxy) is 1. The average molecular weight is 339 g/mol. The summed E-state index contributed by atoms with van der Waals surface area (Å²) < 4.78 is 5.84. The first-order valence-corrected chi connectivity index (χ1v) is 8.04. The van der Waals surface area contributed by atoms with Gasteiger partial charge in [0.15, 0.2) is 5.11 Å². The molecular formula is C19H21N3OS. The maximum Gasteiger partial charge on any atom is 0.187 e. The van der Waals surface area contributed by atoms with Gasteiger partial charge in [-0.3, -0.25) is 5.43 Å². The molecule has 0 saturated heterocycles. The van der Waals surface area contributed by atoms with Crippen molar-refractivity contribution in [1.29, 1.82) is 0 Å². The average Bonchev–Trinajstić information content (AvgIpc) is 2.59. The number of thiocarbonyl (C=S) groups is 1. The standard InChI is InChI=1S/C19H21N3OS/c1-3-10-20-19(24)22-21-13-16-7-5-9-18(12-16)23-14-17-8-4-6-15(2)11-17/h3-9,11-13H,1,10,14H2,2H3,(H2,20,22,24)/b21-13+. The lowest BCUT2D eigenvalue weighted by Gasteiger charge is -2.07. The Morgan fingerprint density at radius 2 is 2.08 bits per heavy atom. The van der Waals surface area contributed by atoms with Crippen LogP contribution in [-0.2, 0) is 6.61 Å². The van der Waals surface area contributed by atoms with Gasteiger partial charge in [-0.15, -0.1) is 6.58 Å². The highest BCUT2D eigenvalue weighted by Gasteiger charge is 1.98. The fourth-order valence-corrected chi connectivity index (χ4v) is 2.16. The van der Waals surface area contributed by atoms with Crippen LogP contribution in [0.2, 0.25) is 0 Å². The van der Waals surface area contributed by atoms with Crippen molar-refractivity contribution in [2.45, 2.75) is 13.5 Å². The Morgan fingerprint density at radius 3 is 2.88 bits per heavy atom. The maximum atomic E-state index is 5.84. The van der Waals surface area contributed by atoms with Crippen molar-refractivity contribution in [2.24, 2.45) is 5.10 Å². The Morgan fingerprint density at radius 1 is 1.25 bits per heavy atom. The van der Waals surface area contributed by atoms with E-state index in [-0.39, 0.29) is 0 Å². The second-order valence-corrected chi connectivity index (χ2v) is 5.63. The highest BCUT2D eigenvalue weighted by Crippen LogP contribution is 2.14. The predicted octanol–water partition coefficient (Wildman–Crippen LogP) is 3.56. The molecule has 4 nitrogen and oxygen atoms in total. The molecule has 2 aromatic rings. The van der Waals surface area contributed by atoms with E-state index < -0.39 is 0 Å². The number of benzene rings is 2. The van der Waals surface area contributed by atoms with Crippen molar-refractivity contribution in [1.82, 2.24) is 10.7 Å². The van der Waals surface area contributed by atoms with Gasteiger partial charge in [-0.2, -0.15) is 5.10 Å². The molecule has 0 heterocycles. The summed E-state index contributed by atoms with van der Waals surface area (Å²) >= 11 is 5.06. The van der Waals surface area contributed by atoms with Crippen LogP contribution in [0, 0.1) is 6.92 Å². The van der Waals surface area contributed by atoms with Crippen LogP contribution in [0.15, 0.2) is 66.3 Å². The molecule has 0 aromatic heterocycles. The Bertz CT molecular complexity index is 728. The number of hydrazone groups is 1. The van der Waals surface area contributed by atoms with Gasteiger partial charge in [-0.05, 0) is 42.4 Å². The van der Waals surface area contributed by atoms with Crippen molar-refractivity contribution < 1.29 is 4.74 Å². The quantitative estimate of drug-likeness (QED) is 0.350. The van der Waals surface area contributed by atoms with Gasteiger partial charge in [0.25, 0.3) is 0 Å². The van der Waals surface area contributed by atoms with Crippen molar-refractivity contribution in [3.05, 3.63) is 77.9 Å². The van der Waals surface area contributed by atoms with Gasteiger partial charge in [0.2, 0.25) is 0 Å². The number of nitrogens with zero attached hydrogens (tertiary/aromatic N) is 1. The Labute approximate surface area is 148 Å². The van der Waals surface area contributed by atoms with E-state index in [1.165, 1.54) is 5.56 Å². The molecule has 2 rings (SSSR count). The monoisotopic (exact) mass is 339 g/mol. The molecule has 0 bridgehead atoms. The van der Waals surface area contributed by atoms with Crippen molar-refractivity contribution in [3.8, 4) is 5.75 Å². The van der Waals surface area contributed by atoms with Crippen LogP contribution in [-0.4, -0.2) is 17.9 Å². The number of rotatable bonds is 7. The van der Waals surface area contributed by atoms with Crippen molar-refractivity contribution in [2.75, 3.05) is 6.54 Å². The molecule has 5 heteroatoms. The summed E-state index contributed by atoms with van der Waals surface area (Å²) in [4.78, 5) is 0. The molecule has 0 fully saturated rings. The van der Waals surface area contributed by atoms with Gasteiger partial charge in [0, 0.05) is 6.54 Å². The molecule has 0 spiro atoms. The molecule has 0 aliphatic carbocycles. The first-order chi connectivity index (χ1) is 11.7. The van der Waals surface area contributed by atoms with E-state index in [9.17, 15) is 0 Å². The van der Waals surface area contributed by atoms with E-state index in [4.69, 9.17) is 17.0 Å². The van der Waals surface area contributed by atoms with Crippen molar-refractivity contribution in [3.63, 3.8) is 0 Å². The van der Waals surface area contributed by atoms with Crippen LogP contribution in [0.1, 0.15) is 16.7 Å². The fraction of sp³-hybridized carbons (Fsp3) is 0.158. The molecular weight excluding hydrogens is 318 g/mol. The molecule has 2 aromatic carbocycles. The minimum absolute atomic E-state index is 0.456. The number of nitrogens with one attached hydrogen (secondary N) is 2. The minimum Gasteiger partial charge on any atom is -0.489 e. The van der Waals surface area contributed by atoms with E-state index in [1.54, 1.807) is 12.3 Å². The lowest BCUT2D eigenvalue weighted by atomic mass is 10.1. The molecule has 2 N–H and O–H groups in total. The normalized spacial score (nSPS) is 10.4. The Balaban J connectivity index is 1.89. The highest BCUT2D eigenvalue weighted by atomic mass is 32.1. The van der Waals surface area contributed by atoms with Gasteiger partial charge in [-0.1, -0.05) is 48.0 Å². The Hall–Kier alpha value is -2.66. The zero-order chi connectivity index (χ0) is 17.2. The SMILES string of the molecule is C=CCNC(=S)N/N=C/c1cccc(OCc2cccc(C)c2)c1. The third-order valence-corrected chi connectivity index (χ3v) is 3.37. The lowest BCUT2D eigenvalue weighted by molar-refractivity contribution is 0.306. The number of hydrogen-bond acceptors (Lipinski definition) is 3. The molecule has 0 saturated carbocycles. The summed E-state index contributed by atoms with van der Waals surface area (Å²) in [5.41, 5.74) is 6.05. The molecule has 0 atom stereocenters. The summed E-state index contributed by atoms with van der Waals surface area (Å²) in [6.07, 6.45) is 3.42. The summed E-state index contributed by atoms with van der Waals surface area (Å²) in [6, 6.07) is 16.0. The van der Waals surface area contributed by atoms with Gasteiger partial charge in [-0.25, -0.2) is 0 Å².